The van der Waals surface area contributed by atoms with E-state index in [-0.39, 0.29) is 10.8 Å². The van der Waals surface area contributed by atoms with Crippen LogP contribution in [0.5, 0.6) is 0 Å². The normalized spacial score (nSPS) is 11.8. The number of nitro benzene ring substituents is 1. The summed E-state index contributed by atoms with van der Waals surface area (Å²) in [6, 6.07) is 28.6. The lowest BCUT2D eigenvalue weighted by Gasteiger charge is -2.18. The van der Waals surface area contributed by atoms with E-state index in [4.69, 9.17) is 0 Å². The highest BCUT2D eigenvalue weighted by atomic mass is 32.2. The van der Waals surface area contributed by atoms with E-state index in [1.807, 2.05) is 60.9 Å². The maximum atomic E-state index is 13.0. The van der Waals surface area contributed by atoms with E-state index < -0.39 is 20.6 Å². The van der Waals surface area contributed by atoms with Crippen LogP contribution in [0.2, 0.25) is 0 Å². The summed E-state index contributed by atoms with van der Waals surface area (Å²) in [5.74, 6) is -0.136. The summed E-state index contributed by atoms with van der Waals surface area (Å²) in [7, 11) is -4.17. The number of aromatic amines is 2. The second kappa shape index (κ2) is 9.20. The molecule has 4 aromatic carbocycles. The average molecular weight is 523 g/mol. The monoisotopic (exact) mass is 522 g/mol. The number of nitrogens with zero attached hydrogens (tertiary/aromatic N) is 1. The van der Waals surface area contributed by atoms with Crippen molar-refractivity contribution in [3.8, 4) is 0 Å². The number of hydrogen-bond donors (Lipinski definition) is 3. The number of nitrogens with one attached hydrogen (secondary N) is 3. The second-order valence-corrected chi connectivity index (χ2v) is 10.6. The van der Waals surface area contributed by atoms with Crippen LogP contribution in [0.15, 0.2) is 114 Å². The van der Waals surface area contributed by atoms with Crippen LogP contribution < -0.4 is 4.72 Å². The molecule has 0 aliphatic rings. The zero-order chi connectivity index (χ0) is 26.3. The third-order valence-electron chi connectivity index (χ3n) is 6.71. The molecule has 0 saturated heterocycles. The van der Waals surface area contributed by atoms with E-state index in [0.29, 0.717) is 5.69 Å². The quantitative estimate of drug-likeness (QED) is 0.163. The van der Waals surface area contributed by atoms with Gasteiger partial charge in [-0.15, -0.1) is 0 Å². The zero-order valence-corrected chi connectivity index (χ0v) is 20.8. The molecule has 0 unspecified atom stereocenters. The number of para-hydroxylation sites is 3. The molecule has 0 amide bonds. The van der Waals surface area contributed by atoms with Gasteiger partial charge < -0.3 is 9.97 Å². The number of fused-ring (bicyclic) bond motifs is 2. The van der Waals surface area contributed by atoms with Gasteiger partial charge in [0.2, 0.25) is 0 Å². The summed E-state index contributed by atoms with van der Waals surface area (Å²) in [6.07, 6.45) is 4.03. The van der Waals surface area contributed by atoms with Crippen molar-refractivity contribution in [1.29, 1.82) is 0 Å². The Morgan fingerprint density at radius 3 is 1.82 bits per heavy atom. The Hall–Kier alpha value is -4.89. The van der Waals surface area contributed by atoms with Crippen LogP contribution >= 0.6 is 0 Å². The van der Waals surface area contributed by atoms with Crippen molar-refractivity contribution in [2.75, 3.05) is 4.72 Å². The van der Waals surface area contributed by atoms with Gasteiger partial charge in [0.15, 0.2) is 4.90 Å². The van der Waals surface area contributed by atoms with E-state index >= 15 is 0 Å². The predicted octanol–water partition coefficient (Wildman–Crippen LogP) is 6.54. The molecular weight excluding hydrogens is 500 g/mol. The van der Waals surface area contributed by atoms with Gasteiger partial charge in [-0.25, -0.2) is 8.42 Å². The van der Waals surface area contributed by atoms with Crippen LogP contribution in [0.25, 0.3) is 21.8 Å². The molecular formula is C29H22N4O4S. The molecule has 3 N–H and O–H groups in total. The molecule has 2 heterocycles. The molecule has 0 aliphatic carbocycles. The molecule has 0 atom stereocenters. The van der Waals surface area contributed by atoms with E-state index in [2.05, 4.69) is 26.8 Å². The Morgan fingerprint density at radius 1 is 0.711 bits per heavy atom. The molecule has 38 heavy (non-hydrogen) atoms. The van der Waals surface area contributed by atoms with Crippen molar-refractivity contribution in [2.45, 2.75) is 10.8 Å². The van der Waals surface area contributed by atoms with Gasteiger partial charge in [0, 0.05) is 51.9 Å². The fourth-order valence-electron chi connectivity index (χ4n) is 4.98. The summed E-state index contributed by atoms with van der Waals surface area (Å²) in [6.45, 7) is 0. The molecule has 188 valence electrons. The lowest BCUT2D eigenvalue weighted by Crippen LogP contribution is -2.14. The number of benzene rings is 4. The molecule has 0 radical (unpaired) electrons. The van der Waals surface area contributed by atoms with Crippen LogP contribution in [-0.2, 0) is 10.0 Å². The van der Waals surface area contributed by atoms with Crippen molar-refractivity contribution < 1.29 is 13.3 Å². The summed E-state index contributed by atoms with van der Waals surface area (Å²) < 4.78 is 28.5. The topological polar surface area (TPSA) is 121 Å². The number of aromatic nitrogens is 2. The highest BCUT2D eigenvalue weighted by Crippen LogP contribution is 2.39. The maximum Gasteiger partial charge on any atom is 0.289 e. The number of hydrogen-bond acceptors (Lipinski definition) is 4. The lowest BCUT2D eigenvalue weighted by molar-refractivity contribution is -0.387. The smallest absolute Gasteiger partial charge is 0.289 e. The van der Waals surface area contributed by atoms with Gasteiger partial charge >= 0.3 is 0 Å². The molecule has 6 rings (SSSR count). The SMILES string of the molecule is O=[N+]([O-])c1ccccc1S(=O)(=O)Nc1ccc(C(c2c[nH]c3ccccc23)c2c[nH]c3ccccc23)cc1. The van der Waals surface area contributed by atoms with Gasteiger partial charge in [-0.2, -0.15) is 0 Å². The first-order chi connectivity index (χ1) is 18.4. The molecule has 2 aromatic heterocycles. The van der Waals surface area contributed by atoms with Crippen molar-refractivity contribution >= 4 is 43.2 Å². The molecule has 8 nitrogen and oxygen atoms in total. The van der Waals surface area contributed by atoms with Gasteiger partial charge in [-0.3, -0.25) is 14.8 Å². The summed E-state index contributed by atoms with van der Waals surface area (Å²) in [4.78, 5) is 17.0. The Balaban J connectivity index is 1.41. The summed E-state index contributed by atoms with van der Waals surface area (Å²) >= 11 is 0. The number of nitro groups is 1. The summed E-state index contributed by atoms with van der Waals surface area (Å²) in [5, 5.41) is 13.6. The fraction of sp³-hybridized carbons (Fsp3) is 0.0345. The van der Waals surface area contributed by atoms with Crippen LogP contribution in [0, 0.1) is 10.1 Å². The Kier molecular flexibility index (Phi) is 5.69. The highest BCUT2D eigenvalue weighted by Gasteiger charge is 2.26. The van der Waals surface area contributed by atoms with Crippen LogP contribution in [0.3, 0.4) is 0 Å². The van der Waals surface area contributed by atoms with Crippen molar-refractivity contribution in [1.82, 2.24) is 9.97 Å². The standard InChI is InChI=1S/C29H22N4O4S/c34-33(35)27-11-5-6-12-28(27)38(36,37)32-20-15-13-19(14-16-20)29(23-17-30-25-9-3-1-7-21(23)25)24-18-31-26-10-4-2-8-22(24)26/h1-18,29-32H. The van der Waals surface area contributed by atoms with Gasteiger partial charge in [0.05, 0.1) is 4.92 Å². The number of H-pyrrole nitrogens is 2. The first kappa shape index (κ1) is 23.5. The number of rotatable bonds is 7. The van der Waals surface area contributed by atoms with Gasteiger partial charge in [0.25, 0.3) is 15.7 Å². The third kappa shape index (κ3) is 4.08. The van der Waals surface area contributed by atoms with Crippen LogP contribution in [-0.4, -0.2) is 23.3 Å². The van der Waals surface area contributed by atoms with E-state index in [1.54, 1.807) is 12.1 Å². The van der Waals surface area contributed by atoms with Gasteiger partial charge in [0.1, 0.15) is 0 Å². The highest BCUT2D eigenvalue weighted by molar-refractivity contribution is 7.92. The third-order valence-corrected chi connectivity index (χ3v) is 8.14. The number of sulfonamides is 1. The second-order valence-electron chi connectivity index (χ2n) is 8.96. The Labute approximate surface area is 218 Å². The minimum Gasteiger partial charge on any atom is -0.361 e. The molecule has 0 spiro atoms. The van der Waals surface area contributed by atoms with Crippen LogP contribution in [0.1, 0.15) is 22.6 Å². The zero-order valence-electron chi connectivity index (χ0n) is 20.0. The van der Waals surface area contributed by atoms with E-state index in [1.165, 1.54) is 24.3 Å². The maximum absolute atomic E-state index is 13.0. The van der Waals surface area contributed by atoms with Crippen LogP contribution in [0.4, 0.5) is 11.4 Å². The summed E-state index contributed by atoms with van der Waals surface area (Å²) in [5.41, 5.74) is 5.05. The Bertz CT molecular complexity index is 1830. The molecule has 9 heteroatoms. The average Bonchev–Trinajstić information content (AvgIpc) is 3.55. The largest absolute Gasteiger partial charge is 0.361 e. The minimum atomic E-state index is -4.17. The van der Waals surface area contributed by atoms with E-state index in [9.17, 15) is 18.5 Å². The van der Waals surface area contributed by atoms with Crippen molar-refractivity contribution in [2.24, 2.45) is 0 Å². The molecule has 0 bridgehead atoms. The first-order valence-electron chi connectivity index (χ1n) is 11.9. The van der Waals surface area contributed by atoms with E-state index in [0.717, 1.165) is 38.5 Å². The fourth-order valence-corrected chi connectivity index (χ4v) is 6.21. The first-order valence-corrected chi connectivity index (χ1v) is 13.4. The predicted molar refractivity (Wildman–Crippen MR) is 148 cm³/mol. The number of anilines is 1. The lowest BCUT2D eigenvalue weighted by atomic mass is 9.85. The van der Waals surface area contributed by atoms with Gasteiger partial charge in [-0.1, -0.05) is 60.7 Å². The minimum absolute atomic E-state index is 0.136. The molecule has 0 aliphatic heterocycles. The van der Waals surface area contributed by atoms with Gasteiger partial charge in [-0.05, 0) is 47.0 Å². The van der Waals surface area contributed by atoms with Crippen molar-refractivity contribution in [3.05, 3.63) is 136 Å². The Morgan fingerprint density at radius 2 is 1.24 bits per heavy atom. The molecule has 0 fully saturated rings. The van der Waals surface area contributed by atoms with Crippen molar-refractivity contribution in [3.63, 3.8) is 0 Å². The molecule has 6 aromatic rings. The molecule has 0 saturated carbocycles.